The van der Waals surface area contributed by atoms with Crippen LogP contribution in [0.1, 0.15) is 24.8 Å². The van der Waals surface area contributed by atoms with E-state index in [1.807, 2.05) is 0 Å². The van der Waals surface area contributed by atoms with Gasteiger partial charge in [-0.15, -0.1) is 0 Å². The van der Waals surface area contributed by atoms with Crippen molar-refractivity contribution in [1.82, 2.24) is 0 Å². The number of nitrogens with zero attached hydrogens (tertiary/aromatic N) is 1. The molecule has 98 valence electrons. The lowest BCUT2D eigenvalue weighted by molar-refractivity contribution is -0.384. The third-order valence-corrected chi connectivity index (χ3v) is 4.47. The standard InChI is InChI=1S/C15H14ClNO2/c16-15(12-5-7-13(8-6-12)17(18)19)14-9-10-1-3-11(14)4-2-10/h1,3,5-8,10-11H,2,4,9H2/b15-14+. The summed E-state index contributed by atoms with van der Waals surface area (Å²) in [5.74, 6) is 1.07. The number of hydrogen-bond acceptors (Lipinski definition) is 2. The fourth-order valence-electron chi connectivity index (χ4n) is 2.94. The Kier molecular flexibility index (Phi) is 3.15. The fraction of sp³-hybridized carbons (Fsp3) is 0.333. The number of non-ortho nitro benzene ring substituents is 1. The predicted octanol–water partition coefficient (Wildman–Crippen LogP) is 4.53. The van der Waals surface area contributed by atoms with Gasteiger partial charge in [0.1, 0.15) is 0 Å². The Hall–Kier alpha value is -1.61. The van der Waals surface area contributed by atoms with Crippen molar-refractivity contribution in [3.63, 3.8) is 0 Å². The van der Waals surface area contributed by atoms with Crippen molar-refractivity contribution in [2.24, 2.45) is 11.8 Å². The molecule has 0 heterocycles. The topological polar surface area (TPSA) is 43.1 Å². The molecule has 3 aliphatic carbocycles. The van der Waals surface area contributed by atoms with Crippen molar-refractivity contribution in [3.05, 3.63) is 57.7 Å². The van der Waals surface area contributed by atoms with Crippen LogP contribution in [0.4, 0.5) is 5.69 Å². The molecule has 0 saturated heterocycles. The molecule has 19 heavy (non-hydrogen) atoms. The van der Waals surface area contributed by atoms with Crippen LogP contribution in [0.5, 0.6) is 0 Å². The highest BCUT2D eigenvalue weighted by atomic mass is 35.5. The monoisotopic (exact) mass is 275 g/mol. The SMILES string of the molecule is O=[N+]([O-])c1ccc(/C(Cl)=C2/CC3C=CC2CC3)cc1. The van der Waals surface area contributed by atoms with E-state index in [9.17, 15) is 10.1 Å². The predicted molar refractivity (Wildman–Crippen MR) is 75.8 cm³/mol. The number of rotatable bonds is 2. The molecule has 1 saturated carbocycles. The summed E-state index contributed by atoms with van der Waals surface area (Å²) in [5.41, 5.74) is 2.26. The molecule has 0 spiro atoms. The van der Waals surface area contributed by atoms with Crippen molar-refractivity contribution in [3.8, 4) is 0 Å². The van der Waals surface area contributed by atoms with Gasteiger partial charge >= 0.3 is 0 Å². The molecule has 0 amide bonds. The third-order valence-electron chi connectivity index (χ3n) is 4.01. The molecular formula is C15H14ClNO2. The summed E-state index contributed by atoms with van der Waals surface area (Å²) in [5, 5.41) is 11.4. The molecule has 2 atom stereocenters. The molecule has 1 fully saturated rings. The van der Waals surface area contributed by atoms with E-state index >= 15 is 0 Å². The minimum atomic E-state index is -0.393. The van der Waals surface area contributed by atoms with E-state index < -0.39 is 4.92 Å². The van der Waals surface area contributed by atoms with E-state index in [0.29, 0.717) is 11.8 Å². The van der Waals surface area contributed by atoms with Gasteiger partial charge in [0.15, 0.2) is 0 Å². The van der Waals surface area contributed by atoms with Gasteiger partial charge in [-0.1, -0.05) is 23.8 Å². The highest BCUT2D eigenvalue weighted by molar-refractivity contribution is 6.49. The molecule has 1 aromatic carbocycles. The van der Waals surface area contributed by atoms with Gasteiger partial charge in [-0.25, -0.2) is 0 Å². The van der Waals surface area contributed by atoms with Crippen molar-refractivity contribution in [2.75, 3.05) is 0 Å². The Balaban J connectivity index is 1.93. The molecule has 2 bridgehead atoms. The second-order valence-corrected chi connectivity index (χ2v) is 5.55. The van der Waals surface area contributed by atoms with E-state index in [2.05, 4.69) is 12.2 Å². The molecule has 0 N–H and O–H groups in total. The van der Waals surface area contributed by atoms with Crippen molar-refractivity contribution < 1.29 is 4.92 Å². The van der Waals surface area contributed by atoms with Crippen LogP contribution in [-0.4, -0.2) is 4.92 Å². The zero-order valence-corrected chi connectivity index (χ0v) is 11.1. The average molecular weight is 276 g/mol. The van der Waals surface area contributed by atoms with Gasteiger partial charge in [0, 0.05) is 17.2 Å². The Morgan fingerprint density at radius 3 is 2.42 bits per heavy atom. The summed E-state index contributed by atoms with van der Waals surface area (Å²) in [4.78, 5) is 10.2. The van der Waals surface area contributed by atoms with Crippen molar-refractivity contribution >= 4 is 22.3 Å². The zero-order chi connectivity index (χ0) is 13.4. The lowest BCUT2D eigenvalue weighted by Crippen LogP contribution is -2.20. The van der Waals surface area contributed by atoms with Gasteiger partial charge in [-0.2, -0.15) is 0 Å². The van der Waals surface area contributed by atoms with Crippen LogP contribution in [0.25, 0.3) is 5.03 Å². The van der Waals surface area contributed by atoms with Gasteiger partial charge in [0.25, 0.3) is 5.69 Å². The first-order valence-electron chi connectivity index (χ1n) is 6.47. The summed E-state index contributed by atoms with van der Waals surface area (Å²) in [6, 6.07) is 6.49. The molecule has 1 aromatic rings. The summed E-state index contributed by atoms with van der Waals surface area (Å²) in [6.07, 6.45) is 7.98. The molecular weight excluding hydrogens is 262 g/mol. The highest BCUT2D eigenvalue weighted by Crippen LogP contribution is 2.44. The van der Waals surface area contributed by atoms with Crippen LogP contribution < -0.4 is 0 Å². The first kappa shape index (κ1) is 12.4. The first-order chi connectivity index (χ1) is 9.15. The quantitative estimate of drug-likeness (QED) is 0.452. The van der Waals surface area contributed by atoms with E-state index in [4.69, 9.17) is 11.6 Å². The number of nitro groups is 1. The second kappa shape index (κ2) is 4.82. The van der Waals surface area contributed by atoms with Gasteiger partial charge in [-0.3, -0.25) is 10.1 Å². The van der Waals surface area contributed by atoms with E-state index in [0.717, 1.165) is 17.0 Å². The minimum absolute atomic E-state index is 0.100. The van der Waals surface area contributed by atoms with E-state index in [1.165, 1.54) is 30.5 Å². The van der Waals surface area contributed by atoms with Crippen LogP contribution in [0.15, 0.2) is 42.0 Å². The van der Waals surface area contributed by atoms with Gasteiger partial charge in [0.05, 0.1) is 4.92 Å². The van der Waals surface area contributed by atoms with Crippen LogP contribution in [0.2, 0.25) is 0 Å². The maximum atomic E-state index is 10.6. The largest absolute Gasteiger partial charge is 0.269 e. The van der Waals surface area contributed by atoms with Crippen LogP contribution in [0.3, 0.4) is 0 Å². The summed E-state index contributed by atoms with van der Waals surface area (Å²) in [7, 11) is 0. The molecule has 2 unspecified atom stereocenters. The summed E-state index contributed by atoms with van der Waals surface area (Å²) >= 11 is 6.49. The van der Waals surface area contributed by atoms with E-state index in [1.54, 1.807) is 12.1 Å². The Labute approximate surface area is 116 Å². The molecule has 0 radical (unpaired) electrons. The van der Waals surface area contributed by atoms with Crippen LogP contribution in [-0.2, 0) is 0 Å². The fourth-order valence-corrected chi connectivity index (χ4v) is 3.28. The molecule has 3 nitrogen and oxygen atoms in total. The third kappa shape index (κ3) is 2.30. The van der Waals surface area contributed by atoms with Crippen molar-refractivity contribution in [1.29, 1.82) is 0 Å². The Morgan fingerprint density at radius 1 is 1.21 bits per heavy atom. The maximum absolute atomic E-state index is 10.6. The molecule has 0 aliphatic heterocycles. The zero-order valence-electron chi connectivity index (χ0n) is 10.4. The lowest BCUT2D eigenvalue weighted by atomic mass is 9.72. The van der Waals surface area contributed by atoms with E-state index in [-0.39, 0.29) is 5.69 Å². The Morgan fingerprint density at radius 2 is 1.95 bits per heavy atom. The van der Waals surface area contributed by atoms with Gasteiger partial charge < -0.3 is 0 Å². The van der Waals surface area contributed by atoms with Crippen LogP contribution in [0, 0.1) is 22.0 Å². The maximum Gasteiger partial charge on any atom is 0.269 e. The van der Waals surface area contributed by atoms with Crippen molar-refractivity contribution in [2.45, 2.75) is 19.3 Å². The summed E-state index contributed by atoms with van der Waals surface area (Å²) < 4.78 is 0. The molecule has 0 aromatic heterocycles. The minimum Gasteiger partial charge on any atom is -0.258 e. The highest BCUT2D eigenvalue weighted by Gasteiger charge is 2.29. The number of benzene rings is 1. The van der Waals surface area contributed by atoms with Gasteiger partial charge in [0.2, 0.25) is 0 Å². The molecule has 3 aliphatic rings. The molecule has 4 heteroatoms. The number of fused-ring (bicyclic) bond motifs is 2. The Bertz CT molecular complexity index is 574. The van der Waals surface area contributed by atoms with Gasteiger partial charge in [-0.05, 0) is 54.4 Å². The smallest absolute Gasteiger partial charge is 0.258 e. The lowest BCUT2D eigenvalue weighted by Gasteiger charge is -2.34. The normalized spacial score (nSPS) is 27.4. The number of hydrogen-bond donors (Lipinski definition) is 0. The molecule has 4 rings (SSSR count). The number of nitro benzene ring substituents is 1. The number of halogens is 1. The first-order valence-corrected chi connectivity index (χ1v) is 6.84. The summed E-state index contributed by atoms with van der Waals surface area (Å²) in [6.45, 7) is 0. The van der Waals surface area contributed by atoms with Crippen LogP contribution >= 0.6 is 11.6 Å². The second-order valence-electron chi connectivity index (χ2n) is 5.18. The average Bonchev–Trinajstić information content (AvgIpc) is 2.47. The number of allylic oxidation sites excluding steroid dienone is 3.